The lowest BCUT2D eigenvalue weighted by Crippen LogP contribution is -2.17. The molecule has 0 fully saturated rings. The number of hydrogen-bond acceptors (Lipinski definition) is 4. The van der Waals surface area contributed by atoms with Gasteiger partial charge >= 0.3 is 11.9 Å². The van der Waals surface area contributed by atoms with Gasteiger partial charge in [0.1, 0.15) is 11.5 Å². The molecule has 0 heterocycles. The van der Waals surface area contributed by atoms with Crippen LogP contribution in [0.15, 0.2) is 48.5 Å². The van der Waals surface area contributed by atoms with Crippen LogP contribution in [0.5, 0.6) is 11.5 Å². The third-order valence-corrected chi connectivity index (χ3v) is 5.14. The van der Waals surface area contributed by atoms with Crippen LogP contribution in [0, 0.1) is 11.8 Å². The Balaban J connectivity index is 1.94. The van der Waals surface area contributed by atoms with Gasteiger partial charge in [-0.25, -0.2) is 0 Å². The molecule has 156 valence electrons. The van der Waals surface area contributed by atoms with E-state index in [1.165, 1.54) is 0 Å². The molecule has 4 heteroatoms. The van der Waals surface area contributed by atoms with Gasteiger partial charge in [0.25, 0.3) is 0 Å². The maximum atomic E-state index is 12.2. The highest BCUT2D eigenvalue weighted by atomic mass is 16.5. The molecule has 0 N–H and O–H groups in total. The second-order valence-corrected chi connectivity index (χ2v) is 7.60. The SMILES string of the molecule is CCCCCC(C)C(=O)Oc1ccc(-c2ccc(OC(=O)C(C)CC)cc2)cc1. The Morgan fingerprint density at radius 1 is 0.724 bits per heavy atom. The van der Waals surface area contributed by atoms with E-state index in [1.807, 2.05) is 57.2 Å². The first-order valence-electron chi connectivity index (χ1n) is 10.6. The van der Waals surface area contributed by atoms with Crippen molar-refractivity contribution in [1.29, 1.82) is 0 Å². The molecule has 0 spiro atoms. The summed E-state index contributed by atoms with van der Waals surface area (Å²) in [5, 5.41) is 0. The van der Waals surface area contributed by atoms with E-state index < -0.39 is 0 Å². The van der Waals surface area contributed by atoms with E-state index in [1.54, 1.807) is 12.1 Å². The van der Waals surface area contributed by atoms with Crippen molar-refractivity contribution in [2.24, 2.45) is 11.8 Å². The Morgan fingerprint density at radius 3 is 1.59 bits per heavy atom. The summed E-state index contributed by atoms with van der Waals surface area (Å²) >= 11 is 0. The van der Waals surface area contributed by atoms with Crippen molar-refractivity contribution in [3.05, 3.63) is 48.5 Å². The van der Waals surface area contributed by atoms with Crippen LogP contribution in [0.2, 0.25) is 0 Å². The monoisotopic (exact) mass is 396 g/mol. The Morgan fingerprint density at radius 2 is 1.17 bits per heavy atom. The normalized spacial score (nSPS) is 12.8. The number of ether oxygens (including phenoxy) is 2. The summed E-state index contributed by atoms with van der Waals surface area (Å²) in [7, 11) is 0. The lowest BCUT2D eigenvalue weighted by atomic mass is 10.0. The fourth-order valence-electron chi connectivity index (χ4n) is 2.85. The van der Waals surface area contributed by atoms with Gasteiger partial charge in [-0.1, -0.05) is 71.2 Å². The van der Waals surface area contributed by atoms with Crippen LogP contribution in [0.3, 0.4) is 0 Å². The lowest BCUT2D eigenvalue weighted by Gasteiger charge is -2.12. The third-order valence-electron chi connectivity index (χ3n) is 5.14. The largest absolute Gasteiger partial charge is 0.426 e. The van der Waals surface area contributed by atoms with Crippen molar-refractivity contribution >= 4 is 11.9 Å². The zero-order valence-electron chi connectivity index (χ0n) is 17.9. The van der Waals surface area contributed by atoms with E-state index in [4.69, 9.17) is 9.47 Å². The Kier molecular flexibility index (Phi) is 8.91. The maximum Gasteiger partial charge on any atom is 0.314 e. The van der Waals surface area contributed by atoms with E-state index in [0.29, 0.717) is 11.5 Å². The molecule has 0 saturated carbocycles. The van der Waals surface area contributed by atoms with Crippen molar-refractivity contribution in [3.8, 4) is 22.6 Å². The second kappa shape index (κ2) is 11.4. The number of rotatable bonds is 10. The zero-order valence-corrected chi connectivity index (χ0v) is 17.9. The molecule has 2 aromatic rings. The predicted octanol–water partition coefficient (Wildman–Crippen LogP) is 6.43. The first-order chi connectivity index (χ1) is 13.9. The molecule has 0 aromatic heterocycles. The molecule has 2 aromatic carbocycles. The number of carbonyl (C=O) groups is 2. The second-order valence-electron chi connectivity index (χ2n) is 7.60. The third kappa shape index (κ3) is 7.04. The van der Waals surface area contributed by atoms with Crippen molar-refractivity contribution in [2.75, 3.05) is 0 Å². The highest BCUT2D eigenvalue weighted by Gasteiger charge is 2.15. The smallest absolute Gasteiger partial charge is 0.314 e. The van der Waals surface area contributed by atoms with Gasteiger partial charge in [0, 0.05) is 0 Å². The summed E-state index contributed by atoms with van der Waals surface area (Å²) in [6.07, 6.45) is 4.95. The number of hydrogen-bond donors (Lipinski definition) is 0. The van der Waals surface area contributed by atoms with Crippen LogP contribution < -0.4 is 9.47 Å². The van der Waals surface area contributed by atoms with E-state index in [0.717, 1.165) is 43.2 Å². The molecule has 2 rings (SSSR count). The lowest BCUT2D eigenvalue weighted by molar-refractivity contribution is -0.139. The highest BCUT2D eigenvalue weighted by Crippen LogP contribution is 2.25. The van der Waals surface area contributed by atoms with Crippen LogP contribution in [-0.4, -0.2) is 11.9 Å². The van der Waals surface area contributed by atoms with Gasteiger partial charge in [-0.2, -0.15) is 0 Å². The minimum Gasteiger partial charge on any atom is -0.426 e. The van der Waals surface area contributed by atoms with Crippen molar-refractivity contribution < 1.29 is 19.1 Å². The number of esters is 2. The van der Waals surface area contributed by atoms with Crippen LogP contribution in [0.1, 0.15) is 59.8 Å². The minimum atomic E-state index is -0.213. The highest BCUT2D eigenvalue weighted by molar-refractivity contribution is 5.76. The number of carbonyl (C=O) groups excluding carboxylic acids is 2. The van der Waals surface area contributed by atoms with Crippen LogP contribution in [-0.2, 0) is 9.59 Å². The Bertz CT molecular complexity index is 777. The molecular formula is C25H32O4. The van der Waals surface area contributed by atoms with E-state index >= 15 is 0 Å². The van der Waals surface area contributed by atoms with E-state index in [9.17, 15) is 9.59 Å². The molecule has 0 aliphatic rings. The standard InChI is InChI=1S/C25H32O4/c1-5-7-8-9-19(4)25(27)29-23-16-12-21(13-17-23)20-10-14-22(15-11-20)28-24(26)18(3)6-2/h10-19H,5-9H2,1-4H3. The summed E-state index contributed by atoms with van der Waals surface area (Å²) in [6, 6.07) is 14.9. The average molecular weight is 397 g/mol. The molecule has 2 atom stereocenters. The molecular weight excluding hydrogens is 364 g/mol. The van der Waals surface area contributed by atoms with Gasteiger partial charge in [-0.05, 0) is 48.2 Å². The molecule has 0 radical (unpaired) electrons. The van der Waals surface area contributed by atoms with Crippen LogP contribution >= 0.6 is 0 Å². The van der Waals surface area contributed by atoms with Gasteiger partial charge in [0.05, 0.1) is 11.8 Å². The molecule has 2 unspecified atom stereocenters. The van der Waals surface area contributed by atoms with Crippen LogP contribution in [0.4, 0.5) is 0 Å². The topological polar surface area (TPSA) is 52.6 Å². The van der Waals surface area contributed by atoms with E-state index in [2.05, 4.69) is 6.92 Å². The quantitative estimate of drug-likeness (QED) is 0.264. The van der Waals surface area contributed by atoms with Crippen LogP contribution in [0.25, 0.3) is 11.1 Å². The molecule has 0 amide bonds. The van der Waals surface area contributed by atoms with E-state index in [-0.39, 0.29) is 23.8 Å². The van der Waals surface area contributed by atoms with Gasteiger partial charge < -0.3 is 9.47 Å². The molecule has 0 aliphatic heterocycles. The van der Waals surface area contributed by atoms with Gasteiger partial charge in [-0.15, -0.1) is 0 Å². The minimum absolute atomic E-state index is 0.0908. The van der Waals surface area contributed by atoms with Gasteiger partial charge in [-0.3, -0.25) is 9.59 Å². The maximum absolute atomic E-state index is 12.2. The average Bonchev–Trinajstić information content (AvgIpc) is 2.74. The zero-order chi connectivity index (χ0) is 21.2. The summed E-state index contributed by atoms with van der Waals surface area (Å²) in [6.45, 7) is 7.89. The molecule has 0 saturated heterocycles. The molecule has 29 heavy (non-hydrogen) atoms. The Hall–Kier alpha value is -2.62. The number of benzene rings is 2. The van der Waals surface area contributed by atoms with Gasteiger partial charge in [0.2, 0.25) is 0 Å². The van der Waals surface area contributed by atoms with Crippen molar-refractivity contribution in [3.63, 3.8) is 0 Å². The first kappa shape index (κ1) is 22.7. The first-order valence-corrected chi connectivity index (χ1v) is 10.6. The predicted molar refractivity (Wildman–Crippen MR) is 116 cm³/mol. The summed E-state index contributed by atoms with van der Waals surface area (Å²) in [4.78, 5) is 24.1. The van der Waals surface area contributed by atoms with Gasteiger partial charge in [0.15, 0.2) is 0 Å². The molecule has 0 aliphatic carbocycles. The summed E-state index contributed by atoms with van der Waals surface area (Å²) < 4.78 is 10.9. The number of unbranched alkanes of at least 4 members (excludes halogenated alkanes) is 2. The fourth-order valence-corrected chi connectivity index (χ4v) is 2.85. The summed E-state index contributed by atoms with van der Waals surface area (Å²) in [5.74, 6) is 0.504. The fraction of sp³-hybridized carbons (Fsp3) is 0.440. The Labute approximate surface area is 174 Å². The molecule has 4 nitrogen and oxygen atoms in total. The summed E-state index contributed by atoms with van der Waals surface area (Å²) in [5.41, 5.74) is 2.00. The van der Waals surface area contributed by atoms with Crippen molar-refractivity contribution in [2.45, 2.75) is 59.8 Å². The molecule has 0 bridgehead atoms. The van der Waals surface area contributed by atoms with Crippen molar-refractivity contribution in [1.82, 2.24) is 0 Å².